The molecule has 0 bridgehead atoms. The third-order valence-electron chi connectivity index (χ3n) is 11.0. The predicted octanol–water partition coefficient (Wildman–Crippen LogP) is 5.75. The van der Waals surface area contributed by atoms with E-state index in [2.05, 4.69) is 11.0 Å². The Morgan fingerprint density at radius 2 is 1.94 bits per heavy atom. The number of benzene rings is 3. The van der Waals surface area contributed by atoms with E-state index in [9.17, 15) is 10.4 Å². The fourth-order valence-corrected chi connectivity index (χ4v) is 8.18. The van der Waals surface area contributed by atoms with E-state index < -0.39 is 17.2 Å². The molecule has 2 saturated heterocycles. The minimum Gasteiger partial charge on any atom is -0.468 e. The van der Waals surface area contributed by atoms with E-state index in [-0.39, 0.29) is 48.4 Å². The van der Waals surface area contributed by atoms with Crippen LogP contribution in [-0.2, 0) is 22.9 Å². The lowest BCUT2D eigenvalue weighted by Crippen LogP contribution is -2.42. The maximum Gasteiger partial charge on any atom is 0.319 e. The number of anilines is 1. The average Bonchev–Trinajstić information content (AvgIpc) is 3.65. The SMILES string of the molecule is CCc1c(F)ccc2cc(OCOC)cc(-c3c(F)c4nc(OCC5(CN6CCC(C#N)C6)CC5)nc(N5CCOCC(C)(O)C5)c4c4cn(C)nc34)c12. The van der Waals surface area contributed by atoms with Gasteiger partial charge in [-0.15, -0.1) is 0 Å². The minimum atomic E-state index is -1.21. The predicted molar refractivity (Wildman–Crippen MR) is 200 cm³/mol. The van der Waals surface area contributed by atoms with Crippen LogP contribution in [0.25, 0.3) is 43.7 Å². The fourth-order valence-electron chi connectivity index (χ4n) is 8.18. The van der Waals surface area contributed by atoms with Gasteiger partial charge in [-0.05, 0) is 79.3 Å². The molecule has 2 unspecified atom stereocenters. The molecule has 1 saturated carbocycles. The Morgan fingerprint density at radius 1 is 1.11 bits per heavy atom. The molecule has 3 fully saturated rings. The molecule has 4 heterocycles. The molecule has 3 aliphatic rings. The number of likely N-dealkylation sites (tertiary alicyclic amines) is 1. The van der Waals surface area contributed by atoms with Gasteiger partial charge in [-0.3, -0.25) is 4.68 Å². The number of hydrogen-bond acceptors (Lipinski definition) is 11. The van der Waals surface area contributed by atoms with Crippen molar-refractivity contribution >= 4 is 38.4 Å². The third kappa shape index (κ3) is 6.79. The molecule has 1 aliphatic carbocycles. The van der Waals surface area contributed by atoms with Crippen molar-refractivity contribution in [1.29, 1.82) is 5.26 Å². The van der Waals surface area contributed by atoms with E-state index >= 15 is 8.78 Å². The summed E-state index contributed by atoms with van der Waals surface area (Å²) in [6.07, 6.45) is 4.97. The van der Waals surface area contributed by atoms with E-state index in [0.29, 0.717) is 75.9 Å². The van der Waals surface area contributed by atoms with E-state index in [0.717, 1.165) is 38.9 Å². The maximum atomic E-state index is 17.8. The van der Waals surface area contributed by atoms with Gasteiger partial charge in [-0.1, -0.05) is 13.0 Å². The zero-order valence-electron chi connectivity index (χ0n) is 31.1. The van der Waals surface area contributed by atoms with Crippen LogP contribution in [0.4, 0.5) is 14.6 Å². The number of rotatable bonds is 11. The molecule has 14 heteroatoms. The summed E-state index contributed by atoms with van der Waals surface area (Å²) in [5.74, 6) is -0.201. The minimum absolute atomic E-state index is 0.0142. The molecule has 284 valence electrons. The van der Waals surface area contributed by atoms with Gasteiger partial charge < -0.3 is 33.9 Å². The van der Waals surface area contributed by atoms with E-state index in [1.54, 1.807) is 43.0 Å². The van der Waals surface area contributed by atoms with Crippen molar-refractivity contribution in [3.05, 3.63) is 47.7 Å². The first-order chi connectivity index (χ1) is 26.0. The van der Waals surface area contributed by atoms with Crippen molar-refractivity contribution in [2.45, 2.75) is 45.1 Å². The zero-order valence-corrected chi connectivity index (χ0v) is 31.1. The molecule has 12 nitrogen and oxygen atoms in total. The second-order valence-corrected chi connectivity index (χ2v) is 15.4. The van der Waals surface area contributed by atoms with Crippen molar-refractivity contribution in [3.63, 3.8) is 0 Å². The molecule has 2 atom stereocenters. The Balaban J connectivity index is 1.33. The van der Waals surface area contributed by atoms with Crippen LogP contribution in [0.5, 0.6) is 11.8 Å². The topological polar surface area (TPSA) is 131 Å². The highest BCUT2D eigenvalue weighted by molar-refractivity contribution is 6.18. The summed E-state index contributed by atoms with van der Waals surface area (Å²) in [4.78, 5) is 13.9. The molecule has 3 aromatic carbocycles. The van der Waals surface area contributed by atoms with Crippen LogP contribution in [0.1, 0.15) is 38.7 Å². The first-order valence-corrected chi connectivity index (χ1v) is 18.6. The lowest BCUT2D eigenvalue weighted by molar-refractivity contribution is -0.0123. The van der Waals surface area contributed by atoms with Crippen LogP contribution >= 0.6 is 0 Å². The van der Waals surface area contributed by atoms with Gasteiger partial charge in [0.2, 0.25) is 0 Å². The third-order valence-corrected chi connectivity index (χ3v) is 11.0. The van der Waals surface area contributed by atoms with Crippen molar-refractivity contribution in [3.8, 4) is 29.0 Å². The lowest BCUT2D eigenvalue weighted by Gasteiger charge is -2.29. The summed E-state index contributed by atoms with van der Waals surface area (Å²) in [6, 6.07) is 8.98. The molecular weight excluding hydrogens is 696 g/mol. The van der Waals surface area contributed by atoms with E-state index in [1.165, 1.54) is 13.2 Å². The molecule has 1 N–H and O–H groups in total. The number of fused-ring (bicyclic) bond motifs is 4. The maximum absolute atomic E-state index is 17.8. The summed E-state index contributed by atoms with van der Waals surface area (Å²) in [6.45, 7) is 7.29. The standard InChI is InChI=1S/C40H45F2N7O5/c1-5-27-30(41)7-6-25-14-26(54-23-51-4)15-28(31(25)27)32-34(42)36-33(29-18-47(3)46-35(29)32)37(49-12-13-52-21-39(2,50)19-49)45-38(44-36)53-22-40(9-10-40)20-48-11-8-24(16-43)17-48/h6-7,14-15,18,24,50H,5,8-13,17,19-23H2,1-4H3. The van der Waals surface area contributed by atoms with Crippen molar-refractivity contribution in [1.82, 2.24) is 24.6 Å². The van der Waals surface area contributed by atoms with Crippen molar-refractivity contribution < 1.29 is 32.8 Å². The average molecular weight is 742 g/mol. The Labute approximate surface area is 312 Å². The van der Waals surface area contributed by atoms with Gasteiger partial charge in [-0.25, -0.2) is 8.78 Å². The number of aryl methyl sites for hydroxylation is 2. The Bertz CT molecular complexity index is 2290. The fraction of sp³-hybridized carbons (Fsp3) is 0.500. The van der Waals surface area contributed by atoms with Crippen LogP contribution in [0, 0.1) is 34.3 Å². The number of methoxy groups -OCH3 is 1. The second-order valence-electron chi connectivity index (χ2n) is 15.4. The molecule has 2 aliphatic heterocycles. The van der Waals surface area contributed by atoms with Gasteiger partial charge >= 0.3 is 6.01 Å². The number of hydrogen-bond donors (Lipinski definition) is 1. The van der Waals surface area contributed by atoms with Gasteiger partial charge in [0.25, 0.3) is 0 Å². The number of nitriles is 1. The quantitative estimate of drug-likeness (QED) is 0.166. The monoisotopic (exact) mass is 741 g/mol. The number of halogens is 2. The van der Waals surface area contributed by atoms with Crippen LogP contribution in [0.3, 0.4) is 0 Å². The molecule has 0 radical (unpaired) electrons. The number of aromatic nitrogens is 4. The molecule has 54 heavy (non-hydrogen) atoms. The largest absolute Gasteiger partial charge is 0.468 e. The first-order valence-electron chi connectivity index (χ1n) is 18.6. The van der Waals surface area contributed by atoms with Crippen LogP contribution in [-0.4, -0.2) is 102 Å². The number of nitrogens with zero attached hydrogens (tertiary/aromatic N) is 7. The van der Waals surface area contributed by atoms with Crippen LogP contribution in [0.2, 0.25) is 0 Å². The Kier molecular flexibility index (Phi) is 9.54. The van der Waals surface area contributed by atoms with Crippen molar-refractivity contribution in [2.24, 2.45) is 18.4 Å². The molecule has 2 aromatic heterocycles. The summed E-state index contributed by atoms with van der Waals surface area (Å²) >= 11 is 0. The lowest BCUT2D eigenvalue weighted by atomic mass is 9.90. The number of ether oxygens (including phenoxy) is 4. The molecule has 5 aromatic rings. The smallest absolute Gasteiger partial charge is 0.319 e. The molecule has 0 spiro atoms. The van der Waals surface area contributed by atoms with Gasteiger partial charge in [0.1, 0.15) is 34.0 Å². The van der Waals surface area contributed by atoms with Crippen LogP contribution < -0.4 is 14.4 Å². The summed E-state index contributed by atoms with van der Waals surface area (Å²) < 4.78 is 58.2. The van der Waals surface area contributed by atoms with Gasteiger partial charge in [-0.2, -0.15) is 20.3 Å². The first kappa shape index (κ1) is 36.3. The van der Waals surface area contributed by atoms with Crippen LogP contribution in [0.15, 0.2) is 30.5 Å². The molecule has 8 rings (SSSR count). The van der Waals surface area contributed by atoms with E-state index in [1.807, 2.05) is 11.8 Å². The summed E-state index contributed by atoms with van der Waals surface area (Å²) in [7, 11) is 3.28. The van der Waals surface area contributed by atoms with E-state index in [4.69, 9.17) is 34.0 Å². The normalized spacial score (nSPS) is 21.5. The van der Waals surface area contributed by atoms with Gasteiger partial charge in [0.15, 0.2) is 12.6 Å². The highest BCUT2D eigenvalue weighted by Gasteiger charge is 2.46. The highest BCUT2D eigenvalue weighted by atomic mass is 19.1. The second kappa shape index (κ2) is 14.2. The molecule has 0 amide bonds. The zero-order chi connectivity index (χ0) is 37.8. The Hall–Kier alpha value is -4.68. The molecular formula is C40H45F2N7O5. The Morgan fingerprint density at radius 3 is 2.69 bits per heavy atom. The number of β-amino-alcohol motifs (C(OH)–C–C–N with tert-alkyl or cyclic N) is 1. The number of aliphatic hydroxyl groups is 1. The highest BCUT2D eigenvalue weighted by Crippen LogP contribution is 2.48. The van der Waals surface area contributed by atoms with Crippen molar-refractivity contribution in [2.75, 3.05) is 71.3 Å². The summed E-state index contributed by atoms with van der Waals surface area (Å²) in [5.41, 5.74) is 0.0342. The summed E-state index contributed by atoms with van der Waals surface area (Å²) in [5, 5.41) is 27.7. The van der Waals surface area contributed by atoms with Gasteiger partial charge in [0.05, 0.1) is 43.7 Å². The van der Waals surface area contributed by atoms with Gasteiger partial charge in [0, 0.05) is 56.4 Å².